The second-order valence-electron chi connectivity index (χ2n) is 6.05. The van der Waals surface area contributed by atoms with Gasteiger partial charge in [-0.15, -0.1) is 12.4 Å². The molecule has 0 unspecified atom stereocenters. The van der Waals surface area contributed by atoms with E-state index in [4.69, 9.17) is 4.74 Å². The first-order valence-corrected chi connectivity index (χ1v) is 7.52. The van der Waals surface area contributed by atoms with Crippen LogP contribution >= 0.6 is 12.4 Å². The summed E-state index contributed by atoms with van der Waals surface area (Å²) in [6.07, 6.45) is 0. The van der Waals surface area contributed by atoms with Crippen LogP contribution < -0.4 is 4.74 Å². The highest BCUT2D eigenvalue weighted by molar-refractivity contribution is 5.85. The molecule has 0 amide bonds. The monoisotopic (exact) mass is 317 g/mol. The summed E-state index contributed by atoms with van der Waals surface area (Å²) in [5.74, 6) is 2.11. The first-order valence-electron chi connectivity index (χ1n) is 7.52. The molecule has 22 heavy (non-hydrogen) atoms. The SMILES string of the molecule is Cl.Oc1cccc2c1[C@@H]1CN(Cc3ccccc3)C[C@@H]1CO2. The highest BCUT2D eigenvalue weighted by Gasteiger charge is 2.40. The standard InChI is InChI=1S/C18H19NO2.ClH/c20-16-7-4-8-17-18(16)15-11-19(10-14(15)12-21-17)9-13-5-2-1-3-6-13;/h1-8,14-15,20H,9-12H2;1H/t14-,15-;/m1./s1. The molecule has 2 aromatic carbocycles. The van der Waals surface area contributed by atoms with Gasteiger partial charge >= 0.3 is 0 Å². The molecule has 1 saturated heterocycles. The molecule has 0 spiro atoms. The number of rotatable bonds is 2. The predicted octanol–water partition coefficient (Wildman–Crippen LogP) is 3.42. The molecule has 0 aliphatic carbocycles. The van der Waals surface area contributed by atoms with Crippen LogP contribution in [-0.2, 0) is 6.54 Å². The van der Waals surface area contributed by atoms with E-state index in [9.17, 15) is 5.11 Å². The van der Waals surface area contributed by atoms with Crippen LogP contribution in [0, 0.1) is 5.92 Å². The molecule has 3 nitrogen and oxygen atoms in total. The number of phenols is 1. The number of benzene rings is 2. The Bertz CT molecular complexity index is 647. The average Bonchev–Trinajstić information content (AvgIpc) is 2.90. The van der Waals surface area contributed by atoms with Crippen LogP contribution in [0.4, 0.5) is 0 Å². The number of likely N-dealkylation sites (tertiary alicyclic amines) is 1. The second kappa shape index (κ2) is 6.19. The molecule has 2 aromatic rings. The summed E-state index contributed by atoms with van der Waals surface area (Å²) in [6.45, 7) is 3.75. The van der Waals surface area contributed by atoms with Crippen molar-refractivity contribution in [2.45, 2.75) is 12.5 Å². The maximum Gasteiger partial charge on any atom is 0.126 e. The fourth-order valence-electron chi connectivity index (χ4n) is 3.66. The van der Waals surface area contributed by atoms with Crippen LogP contribution in [0.25, 0.3) is 0 Å². The van der Waals surface area contributed by atoms with Gasteiger partial charge < -0.3 is 9.84 Å². The molecular formula is C18H20ClNO2. The van der Waals surface area contributed by atoms with Gasteiger partial charge in [-0.25, -0.2) is 0 Å². The summed E-state index contributed by atoms with van der Waals surface area (Å²) in [5.41, 5.74) is 2.35. The van der Waals surface area contributed by atoms with Crippen LogP contribution in [0.1, 0.15) is 17.0 Å². The minimum absolute atomic E-state index is 0. The van der Waals surface area contributed by atoms with Crippen LogP contribution in [0.15, 0.2) is 48.5 Å². The van der Waals surface area contributed by atoms with E-state index in [2.05, 4.69) is 35.2 Å². The highest BCUT2D eigenvalue weighted by Crippen LogP contribution is 2.45. The Kier molecular flexibility index (Phi) is 4.27. The van der Waals surface area contributed by atoms with Gasteiger partial charge in [-0.2, -0.15) is 0 Å². The van der Waals surface area contributed by atoms with Gasteiger partial charge in [-0.05, 0) is 17.7 Å². The molecule has 2 aliphatic rings. The Morgan fingerprint density at radius 3 is 2.68 bits per heavy atom. The Labute approximate surface area is 136 Å². The molecule has 0 bridgehead atoms. The van der Waals surface area contributed by atoms with E-state index < -0.39 is 0 Å². The lowest BCUT2D eigenvalue weighted by Gasteiger charge is -2.28. The largest absolute Gasteiger partial charge is 0.508 e. The van der Waals surface area contributed by atoms with Crippen molar-refractivity contribution in [3.05, 3.63) is 59.7 Å². The van der Waals surface area contributed by atoms with Crippen LogP contribution in [-0.4, -0.2) is 29.7 Å². The summed E-state index contributed by atoms with van der Waals surface area (Å²) in [6, 6.07) is 16.1. The van der Waals surface area contributed by atoms with Gasteiger partial charge in [0.1, 0.15) is 11.5 Å². The summed E-state index contributed by atoms with van der Waals surface area (Å²) < 4.78 is 5.83. The normalized spacial score (nSPS) is 23.1. The maximum atomic E-state index is 10.2. The van der Waals surface area contributed by atoms with E-state index in [0.717, 1.165) is 37.6 Å². The van der Waals surface area contributed by atoms with Gasteiger partial charge in [-0.1, -0.05) is 36.4 Å². The number of halogens is 1. The highest BCUT2D eigenvalue weighted by atomic mass is 35.5. The number of hydrogen-bond acceptors (Lipinski definition) is 3. The molecule has 0 aromatic heterocycles. The Hall–Kier alpha value is -1.71. The predicted molar refractivity (Wildman–Crippen MR) is 88.8 cm³/mol. The van der Waals surface area contributed by atoms with Crippen LogP contribution in [0.2, 0.25) is 0 Å². The lowest BCUT2D eigenvalue weighted by Crippen LogP contribution is -2.25. The van der Waals surface area contributed by atoms with Gasteiger partial charge in [0.05, 0.1) is 6.61 Å². The van der Waals surface area contributed by atoms with E-state index in [1.54, 1.807) is 6.07 Å². The summed E-state index contributed by atoms with van der Waals surface area (Å²) in [7, 11) is 0. The molecule has 4 rings (SSSR count). The van der Waals surface area contributed by atoms with Gasteiger partial charge in [0.2, 0.25) is 0 Å². The zero-order valence-corrected chi connectivity index (χ0v) is 13.1. The minimum atomic E-state index is 0. The number of nitrogens with zero attached hydrogens (tertiary/aromatic N) is 1. The smallest absolute Gasteiger partial charge is 0.126 e. The Morgan fingerprint density at radius 1 is 1.05 bits per heavy atom. The topological polar surface area (TPSA) is 32.7 Å². The average molecular weight is 318 g/mol. The summed E-state index contributed by atoms with van der Waals surface area (Å²) in [5, 5.41) is 10.2. The summed E-state index contributed by atoms with van der Waals surface area (Å²) >= 11 is 0. The number of fused-ring (bicyclic) bond motifs is 3. The van der Waals surface area contributed by atoms with E-state index in [0.29, 0.717) is 17.6 Å². The van der Waals surface area contributed by atoms with E-state index in [1.165, 1.54) is 5.56 Å². The number of phenolic OH excluding ortho intramolecular Hbond substituents is 1. The molecule has 1 fully saturated rings. The Morgan fingerprint density at radius 2 is 1.86 bits per heavy atom. The second-order valence-corrected chi connectivity index (χ2v) is 6.05. The molecule has 2 atom stereocenters. The molecule has 0 radical (unpaired) electrons. The molecule has 2 heterocycles. The molecule has 116 valence electrons. The van der Waals surface area contributed by atoms with Gasteiger partial charge in [0.15, 0.2) is 0 Å². The van der Waals surface area contributed by atoms with Crippen molar-refractivity contribution in [3.63, 3.8) is 0 Å². The first kappa shape index (κ1) is 15.2. The van der Waals surface area contributed by atoms with Crippen molar-refractivity contribution in [2.75, 3.05) is 19.7 Å². The molecular weight excluding hydrogens is 298 g/mol. The van der Waals surface area contributed by atoms with Crippen molar-refractivity contribution in [1.29, 1.82) is 0 Å². The third-order valence-electron chi connectivity index (χ3n) is 4.63. The van der Waals surface area contributed by atoms with E-state index in [1.807, 2.05) is 12.1 Å². The lowest BCUT2D eigenvalue weighted by molar-refractivity contribution is 0.209. The van der Waals surface area contributed by atoms with Crippen molar-refractivity contribution < 1.29 is 9.84 Å². The molecule has 4 heteroatoms. The van der Waals surface area contributed by atoms with Crippen LogP contribution in [0.3, 0.4) is 0 Å². The number of hydrogen-bond donors (Lipinski definition) is 1. The quantitative estimate of drug-likeness (QED) is 0.921. The van der Waals surface area contributed by atoms with Gasteiger partial charge in [0.25, 0.3) is 0 Å². The molecule has 2 aliphatic heterocycles. The minimum Gasteiger partial charge on any atom is -0.508 e. The fraction of sp³-hybridized carbons (Fsp3) is 0.333. The fourth-order valence-corrected chi connectivity index (χ4v) is 3.66. The van der Waals surface area contributed by atoms with Gasteiger partial charge in [0, 0.05) is 37.0 Å². The molecule has 0 saturated carbocycles. The number of aromatic hydroxyl groups is 1. The zero-order chi connectivity index (χ0) is 14.2. The van der Waals surface area contributed by atoms with Gasteiger partial charge in [-0.3, -0.25) is 4.90 Å². The van der Waals surface area contributed by atoms with E-state index >= 15 is 0 Å². The van der Waals surface area contributed by atoms with Crippen molar-refractivity contribution in [3.8, 4) is 11.5 Å². The lowest BCUT2D eigenvalue weighted by atomic mass is 9.86. The molecule has 1 N–H and O–H groups in total. The van der Waals surface area contributed by atoms with Crippen LogP contribution in [0.5, 0.6) is 11.5 Å². The summed E-state index contributed by atoms with van der Waals surface area (Å²) in [4.78, 5) is 2.47. The van der Waals surface area contributed by atoms with Crippen molar-refractivity contribution in [1.82, 2.24) is 4.90 Å². The third-order valence-corrected chi connectivity index (χ3v) is 4.63. The van der Waals surface area contributed by atoms with Crippen molar-refractivity contribution in [2.24, 2.45) is 5.92 Å². The van der Waals surface area contributed by atoms with E-state index in [-0.39, 0.29) is 12.4 Å². The first-order chi connectivity index (χ1) is 10.3. The third kappa shape index (κ3) is 2.67. The number of ether oxygens (including phenoxy) is 1. The maximum absolute atomic E-state index is 10.2. The zero-order valence-electron chi connectivity index (χ0n) is 12.3. The van der Waals surface area contributed by atoms with Crippen molar-refractivity contribution >= 4 is 12.4 Å². The Balaban J connectivity index is 0.00000144.